The van der Waals surface area contributed by atoms with E-state index in [-0.39, 0.29) is 11.2 Å². The number of nitrogens with zero attached hydrogens (tertiary/aromatic N) is 4. The van der Waals surface area contributed by atoms with Gasteiger partial charge in [0.2, 0.25) is 0 Å². The highest BCUT2D eigenvalue weighted by Gasteiger charge is 2.15. The van der Waals surface area contributed by atoms with Gasteiger partial charge in [-0.25, -0.2) is 9.78 Å². The number of aryl methyl sites for hydroxylation is 2. The predicted molar refractivity (Wildman–Crippen MR) is 67.9 cm³/mol. The molecule has 3 heterocycles. The predicted octanol–water partition coefficient (Wildman–Crippen LogP) is 0.193. The molecule has 0 aromatic carbocycles. The van der Waals surface area contributed by atoms with E-state index in [2.05, 4.69) is 4.98 Å². The van der Waals surface area contributed by atoms with Crippen LogP contribution >= 0.6 is 0 Å². The normalized spacial score (nSPS) is 11.5. The van der Waals surface area contributed by atoms with E-state index in [1.54, 1.807) is 17.6 Å². The molecule has 0 amide bonds. The third kappa shape index (κ3) is 1.14. The molecular formula is C12H12N4O2. The van der Waals surface area contributed by atoms with Gasteiger partial charge in [-0.1, -0.05) is 6.07 Å². The van der Waals surface area contributed by atoms with Crippen molar-refractivity contribution in [3.8, 4) is 0 Å². The lowest BCUT2D eigenvalue weighted by molar-refractivity contribution is 0.708. The molecule has 6 nitrogen and oxygen atoms in total. The van der Waals surface area contributed by atoms with Gasteiger partial charge in [0.15, 0.2) is 11.2 Å². The van der Waals surface area contributed by atoms with Gasteiger partial charge in [0.1, 0.15) is 5.65 Å². The van der Waals surface area contributed by atoms with E-state index >= 15 is 0 Å². The van der Waals surface area contributed by atoms with Gasteiger partial charge >= 0.3 is 5.69 Å². The number of aromatic nitrogens is 4. The van der Waals surface area contributed by atoms with Crippen molar-refractivity contribution in [1.29, 1.82) is 0 Å². The zero-order valence-corrected chi connectivity index (χ0v) is 10.3. The van der Waals surface area contributed by atoms with Crippen molar-refractivity contribution < 1.29 is 0 Å². The Hall–Kier alpha value is -2.37. The Bertz CT molecular complexity index is 898. The molecule has 0 atom stereocenters. The zero-order chi connectivity index (χ0) is 13.0. The third-order valence-corrected chi connectivity index (χ3v) is 3.23. The molecule has 3 aromatic rings. The van der Waals surface area contributed by atoms with Crippen LogP contribution in [0.2, 0.25) is 0 Å². The van der Waals surface area contributed by atoms with E-state index in [1.807, 2.05) is 19.1 Å². The average molecular weight is 244 g/mol. The maximum absolute atomic E-state index is 12.2. The van der Waals surface area contributed by atoms with Gasteiger partial charge in [0.05, 0.1) is 0 Å². The highest BCUT2D eigenvalue weighted by atomic mass is 16.2. The number of fused-ring (bicyclic) bond motifs is 3. The number of imidazole rings is 1. The second-order valence-electron chi connectivity index (χ2n) is 4.37. The summed E-state index contributed by atoms with van der Waals surface area (Å²) in [6.45, 7) is 1.92. The molecule has 0 aliphatic carbocycles. The van der Waals surface area contributed by atoms with Crippen LogP contribution in [0.4, 0.5) is 0 Å². The van der Waals surface area contributed by atoms with Gasteiger partial charge < -0.3 is 0 Å². The van der Waals surface area contributed by atoms with Crippen molar-refractivity contribution in [3.63, 3.8) is 0 Å². The van der Waals surface area contributed by atoms with E-state index in [4.69, 9.17) is 0 Å². The Morgan fingerprint density at radius 3 is 2.56 bits per heavy atom. The van der Waals surface area contributed by atoms with Gasteiger partial charge in [-0.05, 0) is 18.6 Å². The molecule has 0 saturated carbocycles. The van der Waals surface area contributed by atoms with Crippen LogP contribution in [0.5, 0.6) is 0 Å². The maximum atomic E-state index is 12.2. The second-order valence-corrected chi connectivity index (χ2v) is 4.37. The summed E-state index contributed by atoms with van der Waals surface area (Å²) in [5.41, 5.74) is 1.81. The number of hydrogen-bond acceptors (Lipinski definition) is 3. The molecular weight excluding hydrogens is 232 g/mol. The number of pyridine rings is 1. The summed E-state index contributed by atoms with van der Waals surface area (Å²) in [7, 11) is 3.09. The van der Waals surface area contributed by atoms with E-state index < -0.39 is 0 Å². The molecule has 92 valence electrons. The van der Waals surface area contributed by atoms with E-state index in [0.29, 0.717) is 16.8 Å². The monoisotopic (exact) mass is 244 g/mol. The van der Waals surface area contributed by atoms with Crippen LogP contribution < -0.4 is 11.2 Å². The van der Waals surface area contributed by atoms with Crippen LogP contribution in [0.1, 0.15) is 5.56 Å². The van der Waals surface area contributed by atoms with Crippen LogP contribution in [0.15, 0.2) is 27.9 Å². The summed E-state index contributed by atoms with van der Waals surface area (Å²) in [4.78, 5) is 28.4. The Labute approximate surface area is 102 Å². The third-order valence-electron chi connectivity index (χ3n) is 3.23. The van der Waals surface area contributed by atoms with Crippen molar-refractivity contribution in [3.05, 3.63) is 44.7 Å². The van der Waals surface area contributed by atoms with Crippen LogP contribution in [0.3, 0.4) is 0 Å². The molecule has 0 aliphatic rings. The van der Waals surface area contributed by atoms with Crippen molar-refractivity contribution >= 4 is 16.8 Å². The summed E-state index contributed by atoms with van der Waals surface area (Å²) in [5.74, 6) is 0. The lowest BCUT2D eigenvalue weighted by Crippen LogP contribution is -2.37. The first-order chi connectivity index (χ1) is 8.52. The Kier molecular flexibility index (Phi) is 1.98. The van der Waals surface area contributed by atoms with Crippen molar-refractivity contribution in [2.24, 2.45) is 14.1 Å². The smallest absolute Gasteiger partial charge is 0.293 e. The molecule has 0 radical (unpaired) electrons. The summed E-state index contributed by atoms with van der Waals surface area (Å²) < 4.78 is 4.22. The van der Waals surface area contributed by atoms with E-state index in [9.17, 15) is 9.59 Å². The van der Waals surface area contributed by atoms with E-state index in [1.165, 1.54) is 11.6 Å². The second kappa shape index (κ2) is 3.32. The molecule has 0 unspecified atom stereocenters. The van der Waals surface area contributed by atoms with Gasteiger partial charge in [0.25, 0.3) is 5.56 Å². The lowest BCUT2D eigenvalue weighted by Gasteiger charge is -2.02. The molecule has 0 bridgehead atoms. The minimum absolute atomic E-state index is 0.328. The SMILES string of the molecule is Cc1cccn2c1nc1c2c(=O)n(C)c(=O)n1C. The fourth-order valence-electron chi connectivity index (χ4n) is 2.19. The van der Waals surface area contributed by atoms with Crippen LogP contribution in [0.25, 0.3) is 16.8 Å². The highest BCUT2D eigenvalue weighted by molar-refractivity contribution is 5.77. The molecule has 3 aromatic heterocycles. The number of hydrogen-bond donors (Lipinski definition) is 0. The average Bonchev–Trinajstić information content (AvgIpc) is 2.75. The van der Waals surface area contributed by atoms with Gasteiger partial charge in [-0.15, -0.1) is 0 Å². The summed E-state index contributed by atoms with van der Waals surface area (Å²) in [6.07, 6.45) is 1.78. The van der Waals surface area contributed by atoms with Crippen molar-refractivity contribution in [1.82, 2.24) is 18.5 Å². The van der Waals surface area contributed by atoms with Gasteiger partial charge in [0, 0.05) is 20.3 Å². The van der Waals surface area contributed by atoms with Crippen molar-refractivity contribution in [2.75, 3.05) is 0 Å². The van der Waals surface area contributed by atoms with E-state index in [0.717, 1.165) is 10.1 Å². The summed E-state index contributed by atoms with van der Waals surface area (Å²) in [6, 6.07) is 3.78. The van der Waals surface area contributed by atoms with Gasteiger partial charge in [-0.2, -0.15) is 0 Å². The van der Waals surface area contributed by atoms with Crippen LogP contribution in [-0.4, -0.2) is 18.5 Å². The van der Waals surface area contributed by atoms with Gasteiger partial charge in [-0.3, -0.25) is 18.3 Å². The summed E-state index contributed by atoms with van der Waals surface area (Å²) >= 11 is 0. The number of rotatable bonds is 0. The first-order valence-corrected chi connectivity index (χ1v) is 5.56. The minimum Gasteiger partial charge on any atom is -0.293 e. The molecule has 18 heavy (non-hydrogen) atoms. The fraction of sp³-hybridized carbons (Fsp3) is 0.250. The Morgan fingerprint density at radius 1 is 1.11 bits per heavy atom. The standard InChI is InChI=1S/C12H12N4O2/c1-7-5-4-6-16-8-10(13-9(7)16)14(2)12(18)15(3)11(8)17/h4-6H,1-3H3. The molecule has 0 aliphatic heterocycles. The first kappa shape index (κ1) is 10.8. The van der Waals surface area contributed by atoms with Crippen LogP contribution in [0, 0.1) is 6.92 Å². The topological polar surface area (TPSA) is 61.3 Å². The molecule has 0 spiro atoms. The first-order valence-electron chi connectivity index (χ1n) is 5.56. The molecule has 6 heteroatoms. The highest BCUT2D eigenvalue weighted by Crippen LogP contribution is 2.14. The maximum Gasteiger partial charge on any atom is 0.332 e. The lowest BCUT2D eigenvalue weighted by atomic mass is 10.3. The van der Waals surface area contributed by atoms with Crippen LogP contribution in [-0.2, 0) is 14.1 Å². The van der Waals surface area contributed by atoms with Crippen molar-refractivity contribution in [2.45, 2.75) is 6.92 Å². The zero-order valence-electron chi connectivity index (χ0n) is 10.3. The Morgan fingerprint density at radius 2 is 1.83 bits per heavy atom. The minimum atomic E-state index is -0.367. The summed E-state index contributed by atoms with van der Waals surface area (Å²) in [5, 5.41) is 0. The quantitative estimate of drug-likeness (QED) is 0.567. The fourth-order valence-corrected chi connectivity index (χ4v) is 2.19. The Balaban J connectivity index is 2.77. The largest absolute Gasteiger partial charge is 0.332 e. The molecule has 0 fully saturated rings. The molecule has 0 N–H and O–H groups in total. The molecule has 3 rings (SSSR count). The molecule has 0 saturated heterocycles.